The van der Waals surface area contributed by atoms with Crippen molar-refractivity contribution in [3.8, 4) is 11.4 Å². The topological polar surface area (TPSA) is 79.9 Å². The molecule has 144 valence electrons. The zero-order valence-corrected chi connectivity index (χ0v) is 15.9. The van der Waals surface area contributed by atoms with Gasteiger partial charge in [-0.05, 0) is 37.0 Å². The van der Waals surface area contributed by atoms with Gasteiger partial charge < -0.3 is 15.0 Å². The molecule has 0 aliphatic carbocycles. The van der Waals surface area contributed by atoms with Crippen molar-refractivity contribution in [2.24, 2.45) is 0 Å². The van der Waals surface area contributed by atoms with Gasteiger partial charge in [0.2, 0.25) is 0 Å². The summed E-state index contributed by atoms with van der Waals surface area (Å²) in [6, 6.07) is 16.0. The molecule has 2 unspecified atom stereocenters. The van der Waals surface area contributed by atoms with Crippen molar-refractivity contribution in [1.82, 2.24) is 15.0 Å². The van der Waals surface area contributed by atoms with Crippen molar-refractivity contribution in [3.05, 3.63) is 76.3 Å². The maximum absolute atomic E-state index is 11.8. The molecule has 2 N–H and O–H groups in total. The molecule has 4 rings (SSSR count). The Kier molecular flexibility index (Phi) is 5.48. The lowest BCUT2D eigenvalue weighted by Crippen LogP contribution is -2.30. The number of rotatable bonds is 5. The number of anilines is 1. The molecule has 0 spiro atoms. The Balaban J connectivity index is 1.44. The van der Waals surface area contributed by atoms with Crippen molar-refractivity contribution >= 4 is 5.82 Å². The summed E-state index contributed by atoms with van der Waals surface area (Å²) in [5.74, 6) is 1.37. The number of aromatic amines is 1. The fourth-order valence-electron chi connectivity index (χ4n) is 3.48. The molecule has 2 aromatic heterocycles. The SMILES string of the molecule is CCc1cc(=O)[nH]c(-c2ccc(NC3CCOC(c4ccccc4)C3)nc2)n1. The number of benzene rings is 1. The number of aromatic nitrogens is 3. The van der Waals surface area contributed by atoms with Gasteiger partial charge in [0.15, 0.2) is 0 Å². The largest absolute Gasteiger partial charge is 0.373 e. The third-order valence-electron chi connectivity index (χ3n) is 5.00. The zero-order chi connectivity index (χ0) is 19.3. The molecule has 0 radical (unpaired) electrons. The van der Waals surface area contributed by atoms with E-state index >= 15 is 0 Å². The van der Waals surface area contributed by atoms with Crippen molar-refractivity contribution in [3.63, 3.8) is 0 Å². The van der Waals surface area contributed by atoms with Gasteiger partial charge in [0.25, 0.3) is 5.56 Å². The first-order valence-corrected chi connectivity index (χ1v) is 9.71. The normalized spacial score (nSPS) is 19.3. The average molecular weight is 376 g/mol. The van der Waals surface area contributed by atoms with Gasteiger partial charge in [0, 0.05) is 36.2 Å². The van der Waals surface area contributed by atoms with E-state index < -0.39 is 0 Å². The molecule has 6 nitrogen and oxygen atoms in total. The van der Waals surface area contributed by atoms with E-state index in [0.717, 1.165) is 42.9 Å². The minimum atomic E-state index is -0.141. The molecular formula is C22H24N4O2. The van der Waals surface area contributed by atoms with Gasteiger partial charge in [-0.15, -0.1) is 0 Å². The summed E-state index contributed by atoms with van der Waals surface area (Å²) in [7, 11) is 0. The van der Waals surface area contributed by atoms with Crippen molar-refractivity contribution in [2.45, 2.75) is 38.3 Å². The van der Waals surface area contributed by atoms with Crippen LogP contribution in [0, 0.1) is 0 Å². The van der Waals surface area contributed by atoms with Crippen molar-refractivity contribution < 1.29 is 4.74 Å². The van der Waals surface area contributed by atoms with E-state index in [4.69, 9.17) is 4.74 Å². The van der Waals surface area contributed by atoms with E-state index in [-0.39, 0.29) is 11.7 Å². The van der Waals surface area contributed by atoms with Crippen LogP contribution in [0.15, 0.2) is 59.5 Å². The smallest absolute Gasteiger partial charge is 0.251 e. The van der Waals surface area contributed by atoms with E-state index in [1.807, 2.05) is 37.3 Å². The number of hydrogen-bond acceptors (Lipinski definition) is 5. The first-order chi connectivity index (χ1) is 13.7. The molecule has 1 fully saturated rings. The van der Waals surface area contributed by atoms with Crippen LogP contribution in [0.2, 0.25) is 0 Å². The molecule has 1 aliphatic heterocycles. The Labute approximate surface area is 164 Å². The second-order valence-electron chi connectivity index (χ2n) is 7.01. The zero-order valence-electron chi connectivity index (χ0n) is 15.9. The molecule has 2 atom stereocenters. The number of ether oxygens (including phenoxy) is 1. The van der Waals surface area contributed by atoms with Crippen molar-refractivity contribution in [2.75, 3.05) is 11.9 Å². The lowest BCUT2D eigenvalue weighted by molar-refractivity contribution is 0.00974. The summed E-state index contributed by atoms with van der Waals surface area (Å²) in [5, 5.41) is 3.51. The molecule has 3 aromatic rings. The van der Waals surface area contributed by atoms with E-state index in [9.17, 15) is 4.79 Å². The van der Waals surface area contributed by atoms with E-state index in [1.165, 1.54) is 11.6 Å². The highest BCUT2D eigenvalue weighted by atomic mass is 16.5. The number of hydrogen-bond donors (Lipinski definition) is 2. The Bertz CT molecular complexity index is 970. The van der Waals surface area contributed by atoms with Crippen LogP contribution in [0.25, 0.3) is 11.4 Å². The molecule has 3 heterocycles. The molecule has 6 heteroatoms. The molecule has 28 heavy (non-hydrogen) atoms. The minimum absolute atomic E-state index is 0.109. The van der Waals surface area contributed by atoms with Crippen LogP contribution in [0.3, 0.4) is 0 Å². The molecule has 1 saturated heterocycles. The van der Waals surface area contributed by atoms with Crippen molar-refractivity contribution in [1.29, 1.82) is 0 Å². The van der Waals surface area contributed by atoms with Crippen LogP contribution in [-0.4, -0.2) is 27.6 Å². The number of aryl methyl sites for hydroxylation is 1. The first kappa shape index (κ1) is 18.4. The van der Waals surface area contributed by atoms with Gasteiger partial charge in [0.05, 0.1) is 6.10 Å². The lowest BCUT2D eigenvalue weighted by atomic mass is 9.97. The quantitative estimate of drug-likeness (QED) is 0.709. The number of pyridine rings is 1. The summed E-state index contributed by atoms with van der Waals surface area (Å²) in [6.45, 7) is 2.71. The molecule has 0 saturated carbocycles. The Morgan fingerprint density at radius 1 is 1.21 bits per heavy atom. The van der Waals surface area contributed by atoms with Gasteiger partial charge in [-0.2, -0.15) is 0 Å². The van der Waals surface area contributed by atoms with Crippen LogP contribution in [0.5, 0.6) is 0 Å². The average Bonchev–Trinajstić information content (AvgIpc) is 2.74. The van der Waals surface area contributed by atoms with Gasteiger partial charge in [-0.3, -0.25) is 4.79 Å². The molecular weight excluding hydrogens is 352 g/mol. The molecule has 1 aliphatic rings. The van der Waals surface area contributed by atoms with Gasteiger partial charge in [-0.25, -0.2) is 9.97 Å². The lowest BCUT2D eigenvalue weighted by Gasteiger charge is -2.30. The van der Waals surface area contributed by atoms with Gasteiger partial charge in [-0.1, -0.05) is 37.3 Å². The van der Waals surface area contributed by atoms with Crippen LogP contribution in [0.4, 0.5) is 5.82 Å². The fraction of sp³-hybridized carbons (Fsp3) is 0.318. The summed E-state index contributed by atoms with van der Waals surface area (Å²) in [6.07, 6.45) is 4.42. The van der Waals surface area contributed by atoms with Gasteiger partial charge in [0.1, 0.15) is 11.6 Å². The number of nitrogens with one attached hydrogen (secondary N) is 2. The van der Waals surface area contributed by atoms with Crippen LogP contribution in [0.1, 0.15) is 37.1 Å². The minimum Gasteiger partial charge on any atom is -0.373 e. The molecule has 0 bridgehead atoms. The fourth-order valence-corrected chi connectivity index (χ4v) is 3.48. The highest BCUT2D eigenvalue weighted by Gasteiger charge is 2.24. The molecule has 1 aromatic carbocycles. The monoisotopic (exact) mass is 376 g/mol. The molecule has 0 amide bonds. The Hall–Kier alpha value is -2.99. The Morgan fingerprint density at radius 3 is 2.82 bits per heavy atom. The predicted octanol–water partition coefficient (Wildman–Crippen LogP) is 3.73. The highest BCUT2D eigenvalue weighted by Crippen LogP contribution is 2.29. The third kappa shape index (κ3) is 4.28. The second kappa shape index (κ2) is 8.35. The van der Waals surface area contributed by atoms with Crippen LogP contribution in [-0.2, 0) is 11.2 Å². The standard InChI is InChI=1S/C22H24N4O2/c1-2-17-13-21(27)26-22(25-17)16-8-9-20(23-14-16)24-18-10-11-28-19(12-18)15-6-4-3-5-7-15/h3-9,13-14,18-19H,2,10-12H2,1H3,(H,23,24)(H,25,26,27). The summed E-state index contributed by atoms with van der Waals surface area (Å²) in [4.78, 5) is 23.6. The summed E-state index contributed by atoms with van der Waals surface area (Å²) in [5.41, 5.74) is 2.64. The maximum Gasteiger partial charge on any atom is 0.251 e. The van der Waals surface area contributed by atoms with Gasteiger partial charge >= 0.3 is 0 Å². The Morgan fingerprint density at radius 2 is 2.07 bits per heavy atom. The predicted molar refractivity (Wildman–Crippen MR) is 109 cm³/mol. The maximum atomic E-state index is 11.8. The van der Waals surface area contributed by atoms with Crippen LogP contribution >= 0.6 is 0 Å². The van der Waals surface area contributed by atoms with E-state index in [2.05, 4.69) is 32.4 Å². The van der Waals surface area contributed by atoms with E-state index in [1.54, 1.807) is 6.20 Å². The summed E-state index contributed by atoms with van der Waals surface area (Å²) >= 11 is 0. The second-order valence-corrected chi connectivity index (χ2v) is 7.01. The van der Waals surface area contributed by atoms with Crippen LogP contribution < -0.4 is 10.9 Å². The number of H-pyrrole nitrogens is 1. The third-order valence-corrected chi connectivity index (χ3v) is 5.00. The number of nitrogens with zero attached hydrogens (tertiary/aromatic N) is 2. The highest BCUT2D eigenvalue weighted by molar-refractivity contribution is 5.56. The summed E-state index contributed by atoms with van der Waals surface area (Å²) < 4.78 is 5.94. The van der Waals surface area contributed by atoms with E-state index in [0.29, 0.717) is 11.9 Å². The first-order valence-electron chi connectivity index (χ1n) is 9.71.